The van der Waals surface area contributed by atoms with E-state index >= 15 is 0 Å². The van der Waals surface area contributed by atoms with Gasteiger partial charge in [0, 0.05) is 17.2 Å². The van der Waals surface area contributed by atoms with Crippen molar-refractivity contribution in [3.05, 3.63) is 21.4 Å². The maximum absolute atomic E-state index is 11.9. The predicted molar refractivity (Wildman–Crippen MR) is 89.3 cm³/mol. The number of hydrogen-bond acceptors (Lipinski definition) is 2. The van der Waals surface area contributed by atoms with Crippen LogP contribution in [0.4, 0.5) is 0 Å². The molecule has 1 aromatic rings. The third-order valence-electron chi connectivity index (χ3n) is 3.76. The topological polar surface area (TPSA) is 17.1 Å². The zero-order chi connectivity index (χ0) is 15.3. The highest BCUT2D eigenvalue weighted by atomic mass is 35.5. The number of alkyl halides is 1. The maximum Gasteiger partial charge on any atom is 0.173 e. The van der Waals surface area contributed by atoms with Crippen molar-refractivity contribution in [3.63, 3.8) is 0 Å². The molecule has 0 N–H and O–H groups in total. The summed E-state index contributed by atoms with van der Waals surface area (Å²) in [5.41, 5.74) is 0.511. The largest absolute Gasteiger partial charge is 0.293 e. The zero-order valence-electron chi connectivity index (χ0n) is 10.9. The number of Topliss-reactive ketones (excluding diaryl/α,β-unsaturated/α-hetero) is 1. The minimum atomic E-state index is -1.71. The molecule has 0 aliphatic heterocycles. The molecule has 0 unspecified atom stereocenters. The van der Waals surface area contributed by atoms with Gasteiger partial charge in [0.1, 0.15) is 0 Å². The summed E-state index contributed by atoms with van der Waals surface area (Å²) in [4.78, 5) is 13.1. The van der Waals surface area contributed by atoms with Crippen LogP contribution in [0.25, 0.3) is 0 Å². The molecule has 0 spiro atoms. The predicted octanol–water partition coefficient (Wildman–Crippen LogP) is 0.512. The molecule has 0 aromatic carbocycles. The van der Waals surface area contributed by atoms with Crippen molar-refractivity contribution in [2.75, 3.05) is 5.88 Å². The van der Waals surface area contributed by atoms with Crippen molar-refractivity contribution in [1.82, 2.24) is 0 Å². The second kappa shape index (κ2) is 5.05. The maximum atomic E-state index is 11.9. The summed E-state index contributed by atoms with van der Waals surface area (Å²) in [5.74, 6) is 0.155. The average Bonchev–Trinajstić information content (AvgIpc) is 2.71. The molecule has 1 nitrogen and oxygen atoms in total. The van der Waals surface area contributed by atoms with Crippen LogP contribution in [0.5, 0.6) is 0 Å². The molecular weight excluding hydrogens is 281 g/mol. The van der Waals surface area contributed by atoms with Gasteiger partial charge < -0.3 is 0 Å². The molecular formula is C11H7B6ClOS. The van der Waals surface area contributed by atoms with Crippen LogP contribution >= 0.6 is 22.9 Å². The number of fused-ring (bicyclic) bond motifs is 1. The summed E-state index contributed by atoms with van der Waals surface area (Å²) in [5, 5.41) is -4.80. The monoisotopic (exact) mass is 288 g/mol. The number of carbonyl (C=O) groups excluding carboxylic acids is 1. The van der Waals surface area contributed by atoms with E-state index in [0.29, 0.717) is 10.4 Å². The molecule has 0 fully saturated rings. The number of hydrogen-bond donors (Lipinski definition) is 0. The van der Waals surface area contributed by atoms with E-state index in [4.69, 9.17) is 58.7 Å². The van der Waals surface area contributed by atoms with E-state index in [0.717, 1.165) is 4.88 Å². The third-order valence-corrected chi connectivity index (χ3v) is 5.12. The minimum absolute atomic E-state index is 0.0884. The van der Waals surface area contributed by atoms with Crippen LogP contribution in [0.15, 0.2) is 6.07 Å². The lowest BCUT2D eigenvalue weighted by atomic mass is 9.15. The normalized spacial score (nSPS) is 22.1. The van der Waals surface area contributed by atoms with Crippen LogP contribution in [-0.4, -0.2) is 58.7 Å². The Morgan fingerprint density at radius 2 is 1.85 bits per heavy atom. The molecule has 0 amide bonds. The molecule has 1 heterocycles. The Balaban J connectivity index is 2.53. The third kappa shape index (κ3) is 2.27. The van der Waals surface area contributed by atoms with Gasteiger partial charge in [-0.15, -0.1) is 33.4 Å². The van der Waals surface area contributed by atoms with E-state index in [-0.39, 0.29) is 24.5 Å². The number of rotatable bonds is 3. The fourth-order valence-electron chi connectivity index (χ4n) is 2.28. The number of halogens is 1. The second-order valence-electron chi connectivity index (χ2n) is 5.26. The smallest absolute Gasteiger partial charge is 0.173 e. The van der Waals surface area contributed by atoms with Gasteiger partial charge in [0.05, 0.1) is 52.0 Å². The van der Waals surface area contributed by atoms with E-state index in [2.05, 4.69) is 0 Å². The Kier molecular flexibility index (Phi) is 4.15. The van der Waals surface area contributed by atoms with E-state index in [1.807, 2.05) is 0 Å². The lowest BCUT2D eigenvalue weighted by Crippen LogP contribution is -2.54. The van der Waals surface area contributed by atoms with Gasteiger partial charge >= 0.3 is 0 Å². The van der Waals surface area contributed by atoms with Gasteiger partial charge in [-0.25, -0.2) is 0 Å². The summed E-state index contributed by atoms with van der Waals surface area (Å²) >= 11 is 6.82. The highest BCUT2D eigenvalue weighted by Gasteiger charge is 2.50. The van der Waals surface area contributed by atoms with Crippen LogP contribution in [-0.2, 0) is 11.6 Å². The summed E-state index contributed by atoms with van der Waals surface area (Å²) in [6, 6.07) is 1.61. The molecule has 12 radical (unpaired) electrons. The molecule has 0 atom stereocenters. The fraction of sp³-hybridized carbons (Fsp3) is 0.545. The van der Waals surface area contributed by atoms with E-state index in [1.54, 1.807) is 6.07 Å². The molecule has 1 aliphatic carbocycles. The standard InChI is InChI=1S/C11H7B6ClOS/c12-9(13)4-8-5(10(14,15)11(9,16)17)3-7(20-8)6(19)1-2-18/h3H,1-2,4H2. The molecule has 2 rings (SSSR count). The van der Waals surface area contributed by atoms with Crippen molar-refractivity contribution in [2.45, 2.75) is 28.5 Å². The first-order valence-electron chi connectivity index (χ1n) is 6.00. The SMILES string of the molecule is [B]C1([B])Cc2sc(C(=O)CCCl)cc2C([B])([B])C1([B])[B]. The number of carbonyl (C=O) groups is 1. The Morgan fingerprint density at radius 1 is 1.25 bits per heavy atom. The zero-order valence-corrected chi connectivity index (χ0v) is 12.4. The first kappa shape index (κ1) is 16.4. The van der Waals surface area contributed by atoms with Gasteiger partial charge in [0.15, 0.2) is 5.78 Å². The van der Waals surface area contributed by atoms with Crippen molar-refractivity contribution in [1.29, 1.82) is 0 Å². The van der Waals surface area contributed by atoms with Gasteiger partial charge in [-0.05, 0) is 18.1 Å². The van der Waals surface area contributed by atoms with Crippen molar-refractivity contribution >= 4 is 75.8 Å². The van der Waals surface area contributed by atoms with E-state index in [1.165, 1.54) is 11.3 Å². The van der Waals surface area contributed by atoms with Gasteiger partial charge in [-0.2, -0.15) is 0 Å². The molecule has 88 valence electrons. The molecule has 1 aliphatic rings. The minimum Gasteiger partial charge on any atom is -0.293 e. The molecule has 9 heteroatoms. The quantitative estimate of drug-likeness (QED) is 0.450. The Hall–Kier alpha value is 0.0496. The summed E-state index contributed by atoms with van der Waals surface area (Å²) in [6.07, 6.45) is 0.431. The number of thiophene rings is 1. The van der Waals surface area contributed by atoms with E-state index in [9.17, 15) is 4.79 Å². The highest BCUT2D eigenvalue weighted by molar-refractivity contribution is 7.14. The lowest BCUT2D eigenvalue weighted by Gasteiger charge is -2.59. The average molecular weight is 288 g/mol. The van der Waals surface area contributed by atoms with Crippen LogP contribution < -0.4 is 0 Å². The van der Waals surface area contributed by atoms with Crippen LogP contribution in [0, 0.1) is 0 Å². The molecule has 1 aromatic heterocycles. The summed E-state index contributed by atoms with van der Waals surface area (Å²) in [7, 11) is 36.0. The van der Waals surface area contributed by atoms with Gasteiger partial charge in [0.2, 0.25) is 0 Å². The lowest BCUT2D eigenvalue weighted by molar-refractivity contribution is 0.0993. The van der Waals surface area contributed by atoms with Crippen molar-refractivity contribution in [3.8, 4) is 0 Å². The van der Waals surface area contributed by atoms with Crippen LogP contribution in [0.2, 0.25) is 10.4 Å². The van der Waals surface area contributed by atoms with Crippen LogP contribution in [0.3, 0.4) is 0 Å². The fourth-order valence-corrected chi connectivity index (χ4v) is 3.76. The van der Waals surface area contributed by atoms with Crippen LogP contribution in [0.1, 0.15) is 26.5 Å². The first-order valence-corrected chi connectivity index (χ1v) is 7.35. The van der Waals surface area contributed by atoms with Gasteiger partial charge in [-0.3, -0.25) is 4.79 Å². The molecule has 0 saturated heterocycles. The number of ketones is 1. The Morgan fingerprint density at radius 3 is 2.40 bits per heavy atom. The van der Waals surface area contributed by atoms with Gasteiger partial charge in [0.25, 0.3) is 0 Å². The molecule has 0 saturated carbocycles. The summed E-state index contributed by atoms with van der Waals surface area (Å²) in [6.45, 7) is 0. The van der Waals surface area contributed by atoms with Gasteiger partial charge in [-0.1, -0.05) is 5.21 Å². The van der Waals surface area contributed by atoms with Crippen molar-refractivity contribution in [2.24, 2.45) is 0 Å². The Bertz CT molecular complexity index is 553. The van der Waals surface area contributed by atoms with E-state index < -0.39 is 15.6 Å². The Labute approximate surface area is 136 Å². The second-order valence-corrected chi connectivity index (χ2v) is 6.78. The van der Waals surface area contributed by atoms with Crippen molar-refractivity contribution < 1.29 is 4.79 Å². The highest BCUT2D eigenvalue weighted by Crippen LogP contribution is 2.60. The molecule has 20 heavy (non-hydrogen) atoms. The summed E-state index contributed by atoms with van der Waals surface area (Å²) < 4.78 is 0. The molecule has 0 bridgehead atoms. The first-order chi connectivity index (χ1) is 9.04.